The molecule has 1 nitrogen and oxygen atoms in total. The number of aromatic nitrogens is 1. The van der Waals surface area contributed by atoms with Crippen LogP contribution in [0.2, 0.25) is 0 Å². The number of pyridine rings is 1. The summed E-state index contributed by atoms with van der Waals surface area (Å²) in [6.45, 7) is 8.12. The zero-order valence-electron chi connectivity index (χ0n) is 28.1. The molecule has 1 aromatic rings. The van der Waals surface area contributed by atoms with Gasteiger partial charge in [0.15, 0.2) is 12.4 Å². The molecule has 1 aromatic heterocycles. The Morgan fingerprint density at radius 2 is 0.625 bits per heavy atom. The molecule has 0 unspecified atom stereocenters. The molecule has 0 fully saturated rings. The number of hydrogen-bond donors (Lipinski definition) is 0. The second kappa shape index (κ2) is 29.6. The Hall–Kier alpha value is -0.850. The van der Waals surface area contributed by atoms with E-state index in [1.54, 1.807) is 11.1 Å². The molecule has 0 aliphatic carbocycles. The monoisotopic (exact) mass is 557 g/mol. The maximum absolute atomic E-state index is 2.55. The van der Waals surface area contributed by atoms with Gasteiger partial charge in [-0.3, -0.25) is 0 Å². The Morgan fingerprint density at radius 3 is 0.925 bits per heavy atom. The lowest BCUT2D eigenvalue weighted by Crippen LogP contribution is -2.34. The molecule has 0 saturated heterocycles. The van der Waals surface area contributed by atoms with E-state index in [4.69, 9.17) is 0 Å². The summed E-state index contributed by atoms with van der Waals surface area (Å²) in [5.74, 6) is 0. The van der Waals surface area contributed by atoms with Crippen molar-refractivity contribution in [2.45, 2.75) is 220 Å². The van der Waals surface area contributed by atoms with Gasteiger partial charge in [-0.25, -0.2) is 4.57 Å². The molecule has 40 heavy (non-hydrogen) atoms. The Morgan fingerprint density at radius 1 is 0.350 bits per heavy atom. The molecule has 0 amide bonds. The zero-order chi connectivity index (χ0) is 28.8. The van der Waals surface area contributed by atoms with E-state index < -0.39 is 0 Å². The molecule has 0 bridgehead atoms. The Bertz CT molecular complexity index is 587. The van der Waals surface area contributed by atoms with Crippen LogP contribution in [0, 0.1) is 0 Å². The van der Waals surface area contributed by atoms with E-state index in [9.17, 15) is 0 Å². The number of hydrogen-bond acceptors (Lipinski definition) is 0. The van der Waals surface area contributed by atoms with Crippen molar-refractivity contribution < 1.29 is 4.57 Å². The summed E-state index contributed by atoms with van der Waals surface area (Å²) in [5, 5.41) is 0. The molecule has 0 N–H and O–H groups in total. The maximum Gasteiger partial charge on any atom is 0.171 e. The van der Waals surface area contributed by atoms with Gasteiger partial charge in [0.25, 0.3) is 0 Å². The highest BCUT2D eigenvalue weighted by Gasteiger charge is 2.08. The van der Waals surface area contributed by atoms with Gasteiger partial charge in [-0.15, -0.1) is 0 Å². The zero-order valence-corrected chi connectivity index (χ0v) is 28.1. The van der Waals surface area contributed by atoms with Gasteiger partial charge < -0.3 is 0 Å². The van der Waals surface area contributed by atoms with E-state index in [0.717, 1.165) is 0 Å². The predicted molar refractivity (Wildman–Crippen MR) is 180 cm³/mol. The summed E-state index contributed by atoms with van der Waals surface area (Å²) in [5.41, 5.74) is 3.18. The van der Waals surface area contributed by atoms with Crippen molar-refractivity contribution in [3.63, 3.8) is 0 Å². The SMILES string of the molecule is CCCCCCCCCCCCCCCc1cc(CCCCCCCCCCCCCCC)c[n+](CCCC)c1. The molecule has 1 rings (SSSR count). The summed E-state index contributed by atoms with van der Waals surface area (Å²) >= 11 is 0. The fraction of sp³-hybridized carbons (Fsp3) is 0.872. The van der Waals surface area contributed by atoms with Gasteiger partial charge in [0.05, 0.1) is 0 Å². The lowest BCUT2D eigenvalue weighted by molar-refractivity contribution is -0.698. The van der Waals surface area contributed by atoms with Crippen LogP contribution < -0.4 is 4.57 Å². The second-order valence-corrected chi connectivity index (χ2v) is 13.1. The first-order chi connectivity index (χ1) is 19.8. The van der Waals surface area contributed by atoms with Gasteiger partial charge in [-0.05, 0) is 31.7 Å². The Balaban J connectivity index is 2.14. The van der Waals surface area contributed by atoms with Gasteiger partial charge in [-0.1, -0.05) is 181 Å². The fourth-order valence-corrected chi connectivity index (χ4v) is 6.21. The highest BCUT2D eigenvalue weighted by atomic mass is 14.9. The highest BCUT2D eigenvalue weighted by Crippen LogP contribution is 2.16. The molecule has 0 aromatic carbocycles. The molecule has 0 aliphatic heterocycles. The van der Waals surface area contributed by atoms with Crippen LogP contribution in [0.15, 0.2) is 18.5 Å². The largest absolute Gasteiger partial charge is 0.205 e. The Labute approximate surface area is 253 Å². The average molecular weight is 557 g/mol. The quantitative estimate of drug-likeness (QED) is 0.0632. The Kier molecular flexibility index (Phi) is 27.5. The third-order valence-corrected chi connectivity index (χ3v) is 8.94. The molecule has 0 saturated carbocycles. The molecular formula is C39H74N+. The van der Waals surface area contributed by atoms with Crippen LogP contribution in [0.3, 0.4) is 0 Å². The van der Waals surface area contributed by atoms with Crippen LogP contribution in [0.4, 0.5) is 0 Å². The maximum atomic E-state index is 2.55. The summed E-state index contributed by atoms with van der Waals surface area (Å²) < 4.78 is 2.51. The van der Waals surface area contributed by atoms with E-state index >= 15 is 0 Å². The normalized spacial score (nSPS) is 11.5. The van der Waals surface area contributed by atoms with Crippen molar-refractivity contribution in [3.05, 3.63) is 29.6 Å². The molecule has 0 spiro atoms. The third kappa shape index (κ3) is 23.8. The fourth-order valence-electron chi connectivity index (χ4n) is 6.21. The molecule has 234 valence electrons. The first-order valence-electron chi connectivity index (χ1n) is 18.8. The summed E-state index contributed by atoms with van der Waals surface area (Å²) in [4.78, 5) is 0. The third-order valence-electron chi connectivity index (χ3n) is 8.94. The smallest absolute Gasteiger partial charge is 0.171 e. The van der Waals surface area contributed by atoms with Crippen LogP contribution in [0.5, 0.6) is 0 Å². The van der Waals surface area contributed by atoms with Gasteiger partial charge in [0, 0.05) is 17.5 Å². The predicted octanol–water partition coefficient (Wildman–Crippen LogP) is 13.0. The van der Waals surface area contributed by atoms with E-state index in [1.807, 2.05) is 0 Å². The second-order valence-electron chi connectivity index (χ2n) is 13.1. The van der Waals surface area contributed by atoms with Crippen molar-refractivity contribution >= 4 is 0 Å². The summed E-state index contributed by atoms with van der Waals surface area (Å²) in [7, 11) is 0. The standard InChI is InChI=1S/C39H74N/c1-4-7-10-12-14-16-18-20-22-24-26-28-30-32-38-35-39(37-40(36-38)34-9-6-3)33-31-29-27-25-23-21-19-17-15-13-11-8-5-2/h35-37H,4-34H2,1-3H3/q+1. The minimum Gasteiger partial charge on any atom is -0.205 e. The van der Waals surface area contributed by atoms with Crippen molar-refractivity contribution in [2.24, 2.45) is 0 Å². The van der Waals surface area contributed by atoms with E-state index in [-0.39, 0.29) is 0 Å². The average Bonchev–Trinajstić information content (AvgIpc) is 2.96. The number of rotatable bonds is 31. The number of nitrogens with zero attached hydrogens (tertiary/aromatic N) is 1. The van der Waals surface area contributed by atoms with E-state index in [1.165, 1.54) is 199 Å². The number of unbranched alkanes of at least 4 members (excludes halogenated alkanes) is 25. The number of aryl methyl sites for hydroxylation is 3. The molecule has 1 heterocycles. The summed E-state index contributed by atoms with van der Waals surface area (Å²) in [6.07, 6.45) is 47.5. The van der Waals surface area contributed by atoms with E-state index in [2.05, 4.69) is 43.8 Å². The van der Waals surface area contributed by atoms with Gasteiger partial charge >= 0.3 is 0 Å². The van der Waals surface area contributed by atoms with E-state index in [0.29, 0.717) is 0 Å². The molecule has 0 radical (unpaired) electrons. The van der Waals surface area contributed by atoms with Crippen molar-refractivity contribution in [1.82, 2.24) is 0 Å². The lowest BCUT2D eigenvalue weighted by Gasteiger charge is -2.07. The van der Waals surface area contributed by atoms with Crippen molar-refractivity contribution in [3.8, 4) is 0 Å². The van der Waals surface area contributed by atoms with Gasteiger partial charge in [0.1, 0.15) is 6.54 Å². The minimum atomic E-state index is 1.19. The molecule has 0 aliphatic rings. The van der Waals surface area contributed by atoms with Crippen LogP contribution in [-0.4, -0.2) is 0 Å². The van der Waals surface area contributed by atoms with Crippen LogP contribution in [0.25, 0.3) is 0 Å². The minimum absolute atomic E-state index is 1.19. The first kappa shape index (κ1) is 37.2. The topological polar surface area (TPSA) is 3.88 Å². The van der Waals surface area contributed by atoms with Crippen LogP contribution in [0.1, 0.15) is 212 Å². The van der Waals surface area contributed by atoms with Gasteiger partial charge in [0.2, 0.25) is 0 Å². The first-order valence-corrected chi connectivity index (χ1v) is 18.8. The molecule has 0 atom stereocenters. The highest BCUT2D eigenvalue weighted by molar-refractivity contribution is 5.15. The lowest BCUT2D eigenvalue weighted by atomic mass is 10.0. The van der Waals surface area contributed by atoms with Gasteiger partial charge in [-0.2, -0.15) is 0 Å². The summed E-state index contributed by atoms with van der Waals surface area (Å²) in [6, 6.07) is 2.55. The van der Waals surface area contributed by atoms with Crippen molar-refractivity contribution in [1.29, 1.82) is 0 Å². The van der Waals surface area contributed by atoms with Crippen LogP contribution >= 0.6 is 0 Å². The molecular weight excluding hydrogens is 482 g/mol. The van der Waals surface area contributed by atoms with Crippen molar-refractivity contribution in [2.75, 3.05) is 0 Å². The molecule has 1 heteroatoms. The van der Waals surface area contributed by atoms with Crippen LogP contribution in [-0.2, 0) is 19.4 Å².